The van der Waals surface area contributed by atoms with Gasteiger partial charge in [0.25, 0.3) is 5.56 Å². The van der Waals surface area contributed by atoms with Crippen molar-refractivity contribution < 1.29 is 4.39 Å². The summed E-state index contributed by atoms with van der Waals surface area (Å²) in [6.45, 7) is 0.716. The summed E-state index contributed by atoms with van der Waals surface area (Å²) in [5.74, 6) is -0.494. The monoisotopic (exact) mass is 383 g/mol. The highest BCUT2D eigenvalue weighted by atomic mass is 32.1. The van der Waals surface area contributed by atoms with Crippen LogP contribution >= 0.6 is 11.3 Å². The first kappa shape index (κ1) is 16.1. The molecule has 1 N–H and O–H groups in total. The Hall–Kier alpha value is -3.14. The Balaban J connectivity index is 1.60. The number of aromatic nitrogens is 6. The van der Waals surface area contributed by atoms with Crippen LogP contribution in [0.15, 0.2) is 34.3 Å². The molecule has 0 atom stereocenters. The highest BCUT2D eigenvalue weighted by molar-refractivity contribution is 7.19. The number of nitrogens with zero attached hydrogens (tertiary/aromatic N) is 6. The lowest BCUT2D eigenvalue weighted by atomic mass is 10.3. The molecule has 136 valence electrons. The fourth-order valence-electron chi connectivity index (χ4n) is 3.26. The molecule has 0 aliphatic carbocycles. The fourth-order valence-corrected chi connectivity index (χ4v) is 4.38. The van der Waals surface area contributed by atoms with E-state index in [1.54, 1.807) is 22.1 Å². The molecule has 4 aromatic heterocycles. The third-order valence-electron chi connectivity index (χ3n) is 4.59. The maximum atomic E-state index is 13.6. The molecule has 8 nitrogen and oxygen atoms in total. The van der Waals surface area contributed by atoms with Crippen molar-refractivity contribution in [2.45, 2.75) is 13.0 Å². The van der Waals surface area contributed by atoms with Crippen LogP contribution < -0.4 is 5.56 Å². The molecule has 27 heavy (non-hydrogen) atoms. The Kier molecular flexibility index (Phi) is 3.54. The zero-order valence-electron chi connectivity index (χ0n) is 14.3. The standard InChI is InChI=1S/C17H14FN7OS/c1-24-14-10(6-21-25(17(14)26)8-12-11(18)7-20-23-12)15-16(24)22-13(27-15)5-9-3-2-4-19-9/h2-3,6-7H,4-5,8H2,1H3,(H,20,23). The van der Waals surface area contributed by atoms with Crippen molar-refractivity contribution in [3.63, 3.8) is 0 Å². The van der Waals surface area contributed by atoms with Gasteiger partial charge in [-0.25, -0.2) is 14.1 Å². The van der Waals surface area contributed by atoms with Gasteiger partial charge in [-0.2, -0.15) is 10.2 Å². The zero-order chi connectivity index (χ0) is 18.5. The lowest BCUT2D eigenvalue weighted by Crippen LogP contribution is -2.25. The molecule has 0 aromatic carbocycles. The highest BCUT2D eigenvalue weighted by Gasteiger charge is 2.19. The number of allylic oxidation sites excluding steroid dienone is 1. The van der Waals surface area contributed by atoms with Gasteiger partial charge in [0.1, 0.15) is 10.5 Å². The van der Waals surface area contributed by atoms with Crippen LogP contribution in [0.4, 0.5) is 4.39 Å². The Morgan fingerprint density at radius 1 is 1.37 bits per heavy atom. The Morgan fingerprint density at radius 3 is 3.00 bits per heavy atom. The van der Waals surface area contributed by atoms with Crippen LogP contribution in [0.5, 0.6) is 0 Å². The van der Waals surface area contributed by atoms with Crippen molar-refractivity contribution in [2.75, 3.05) is 6.54 Å². The average Bonchev–Trinajstić information content (AvgIpc) is 3.41. The number of hydrogen-bond donors (Lipinski definition) is 1. The van der Waals surface area contributed by atoms with Crippen molar-refractivity contribution in [3.05, 3.63) is 51.4 Å². The largest absolute Gasteiger partial charge is 0.323 e. The number of aryl methyl sites for hydroxylation is 1. The van der Waals surface area contributed by atoms with Crippen LogP contribution in [0.3, 0.4) is 0 Å². The second kappa shape index (κ2) is 5.95. The van der Waals surface area contributed by atoms with Gasteiger partial charge in [0.2, 0.25) is 0 Å². The minimum atomic E-state index is -0.494. The van der Waals surface area contributed by atoms with Crippen LogP contribution in [-0.2, 0) is 20.0 Å². The van der Waals surface area contributed by atoms with Crippen LogP contribution in [0.2, 0.25) is 0 Å². The third-order valence-corrected chi connectivity index (χ3v) is 5.66. The van der Waals surface area contributed by atoms with Gasteiger partial charge < -0.3 is 4.57 Å². The van der Waals surface area contributed by atoms with E-state index in [0.29, 0.717) is 11.9 Å². The first-order chi connectivity index (χ1) is 13.1. The Bertz CT molecular complexity index is 1310. The lowest BCUT2D eigenvalue weighted by molar-refractivity contribution is 0.570. The first-order valence-electron chi connectivity index (χ1n) is 8.33. The molecule has 0 saturated carbocycles. The first-order valence-corrected chi connectivity index (χ1v) is 9.15. The van der Waals surface area contributed by atoms with E-state index >= 15 is 0 Å². The predicted octanol–water partition coefficient (Wildman–Crippen LogP) is 1.81. The maximum Gasteiger partial charge on any atom is 0.291 e. The van der Waals surface area contributed by atoms with Gasteiger partial charge in [0, 0.05) is 24.6 Å². The third kappa shape index (κ3) is 2.52. The van der Waals surface area contributed by atoms with Gasteiger partial charge in [-0.1, -0.05) is 6.08 Å². The maximum absolute atomic E-state index is 13.6. The summed E-state index contributed by atoms with van der Waals surface area (Å²) in [6, 6.07) is 0. The van der Waals surface area contributed by atoms with Crippen molar-refractivity contribution in [1.82, 2.24) is 29.5 Å². The normalized spacial score (nSPS) is 13.9. The molecule has 0 spiro atoms. The summed E-state index contributed by atoms with van der Waals surface area (Å²) < 4.78 is 17.6. The van der Waals surface area contributed by atoms with Crippen molar-refractivity contribution in [2.24, 2.45) is 12.0 Å². The molecule has 5 rings (SSSR count). The summed E-state index contributed by atoms with van der Waals surface area (Å²) in [6.07, 6.45) is 7.43. The minimum absolute atomic E-state index is 0.00965. The SMILES string of the molecule is Cn1c2nc(CC3=NCC=C3)sc2c2cnn(Cc3[nH]ncc3F)c(=O)c21. The quantitative estimate of drug-likeness (QED) is 0.582. The van der Waals surface area contributed by atoms with Gasteiger partial charge in [-0.3, -0.25) is 14.9 Å². The molecule has 0 fully saturated rings. The Labute approximate surface area is 155 Å². The summed E-state index contributed by atoms with van der Waals surface area (Å²) in [7, 11) is 1.81. The molecule has 0 amide bonds. The Morgan fingerprint density at radius 2 is 2.26 bits per heavy atom. The number of halogens is 1. The summed E-state index contributed by atoms with van der Waals surface area (Å²) >= 11 is 1.55. The van der Waals surface area contributed by atoms with Crippen LogP contribution in [0.1, 0.15) is 10.7 Å². The fraction of sp³-hybridized carbons (Fsp3) is 0.235. The van der Waals surface area contributed by atoms with Crippen molar-refractivity contribution >= 4 is 38.3 Å². The smallest absolute Gasteiger partial charge is 0.291 e. The van der Waals surface area contributed by atoms with E-state index in [2.05, 4.69) is 25.3 Å². The highest BCUT2D eigenvalue weighted by Crippen LogP contribution is 2.31. The molecule has 1 aliphatic rings. The number of aliphatic imine (C=N–C) groups is 1. The van der Waals surface area contributed by atoms with E-state index < -0.39 is 5.82 Å². The van der Waals surface area contributed by atoms with E-state index in [4.69, 9.17) is 0 Å². The summed E-state index contributed by atoms with van der Waals surface area (Å²) in [5, 5.41) is 12.1. The van der Waals surface area contributed by atoms with Gasteiger partial charge in [-0.15, -0.1) is 11.3 Å². The second-order valence-electron chi connectivity index (χ2n) is 6.30. The van der Waals surface area contributed by atoms with Gasteiger partial charge in [0.15, 0.2) is 11.5 Å². The number of hydrogen-bond acceptors (Lipinski definition) is 6. The van der Waals surface area contributed by atoms with E-state index in [-0.39, 0.29) is 17.8 Å². The van der Waals surface area contributed by atoms with Crippen LogP contribution in [-0.4, -0.2) is 41.8 Å². The average molecular weight is 383 g/mol. The molecule has 0 bridgehead atoms. The molecule has 1 aliphatic heterocycles. The number of aromatic amines is 1. The zero-order valence-corrected chi connectivity index (χ0v) is 15.1. The molecular weight excluding hydrogens is 369 g/mol. The molecule has 10 heteroatoms. The molecule has 0 radical (unpaired) electrons. The lowest BCUT2D eigenvalue weighted by Gasteiger charge is -2.04. The predicted molar refractivity (Wildman–Crippen MR) is 101 cm³/mol. The van der Waals surface area contributed by atoms with E-state index in [1.807, 2.05) is 19.2 Å². The number of rotatable bonds is 4. The number of H-pyrrole nitrogens is 1. The van der Waals surface area contributed by atoms with Gasteiger partial charge in [0.05, 0.1) is 35.9 Å². The number of nitrogens with one attached hydrogen (secondary N) is 1. The van der Waals surface area contributed by atoms with Crippen molar-refractivity contribution in [3.8, 4) is 0 Å². The topological polar surface area (TPSA) is 93.8 Å². The van der Waals surface area contributed by atoms with E-state index in [9.17, 15) is 9.18 Å². The minimum Gasteiger partial charge on any atom is -0.323 e. The number of fused-ring (bicyclic) bond motifs is 3. The molecule has 5 heterocycles. The molecule has 0 saturated heterocycles. The van der Waals surface area contributed by atoms with E-state index in [1.165, 1.54) is 4.68 Å². The van der Waals surface area contributed by atoms with Crippen LogP contribution in [0, 0.1) is 5.82 Å². The van der Waals surface area contributed by atoms with Crippen molar-refractivity contribution in [1.29, 1.82) is 0 Å². The molecule has 0 unspecified atom stereocenters. The second-order valence-corrected chi connectivity index (χ2v) is 7.38. The summed E-state index contributed by atoms with van der Waals surface area (Å²) in [5.41, 5.74) is 2.19. The number of thiazole rings is 1. The molecular formula is C17H14FN7OS. The van der Waals surface area contributed by atoms with E-state index in [0.717, 1.165) is 39.2 Å². The van der Waals surface area contributed by atoms with Gasteiger partial charge in [-0.05, 0) is 6.08 Å². The van der Waals surface area contributed by atoms with Gasteiger partial charge >= 0.3 is 0 Å². The van der Waals surface area contributed by atoms with Crippen LogP contribution in [0.25, 0.3) is 21.3 Å². The summed E-state index contributed by atoms with van der Waals surface area (Å²) in [4.78, 5) is 22.0. The molecule has 4 aromatic rings.